The monoisotopic (exact) mass is 290 g/mol. The lowest BCUT2D eigenvalue weighted by Gasteiger charge is -2.37. The molecule has 1 aromatic rings. The Bertz CT molecular complexity index is 429. The molecule has 1 aliphatic rings. The Kier molecular flexibility index (Phi) is 4.70. The van der Waals surface area contributed by atoms with Crippen molar-refractivity contribution in [3.63, 3.8) is 0 Å². The molecule has 3 atom stereocenters. The minimum absolute atomic E-state index is 0.189. The summed E-state index contributed by atoms with van der Waals surface area (Å²) in [7, 11) is 0. The first-order chi connectivity index (χ1) is 9.47. The highest BCUT2D eigenvalue weighted by Crippen LogP contribution is 2.46. The Hall–Kier alpha value is -1.08. The summed E-state index contributed by atoms with van der Waals surface area (Å²) in [5.41, 5.74) is 3.31. The van der Waals surface area contributed by atoms with E-state index in [0.717, 1.165) is 12.0 Å². The molecule has 4 nitrogen and oxygen atoms in total. The van der Waals surface area contributed by atoms with E-state index in [1.807, 2.05) is 6.92 Å². The van der Waals surface area contributed by atoms with Gasteiger partial charge in [0.25, 0.3) is 0 Å². The van der Waals surface area contributed by atoms with Gasteiger partial charge in [0.15, 0.2) is 0 Å². The highest BCUT2D eigenvalue weighted by atomic mass is 19.4. The second-order valence-corrected chi connectivity index (χ2v) is 5.37. The van der Waals surface area contributed by atoms with E-state index in [9.17, 15) is 13.2 Å². The molecule has 0 amide bonds. The SMILES string of the molecule is CCn1cc(C(NN)C2CCCCC2C(F)(F)F)cn1. The van der Waals surface area contributed by atoms with E-state index >= 15 is 0 Å². The number of nitrogens with zero attached hydrogens (tertiary/aromatic N) is 2. The largest absolute Gasteiger partial charge is 0.392 e. The first-order valence-electron chi connectivity index (χ1n) is 7.02. The van der Waals surface area contributed by atoms with Gasteiger partial charge in [0, 0.05) is 18.3 Å². The van der Waals surface area contributed by atoms with Gasteiger partial charge in [0.2, 0.25) is 0 Å². The quantitative estimate of drug-likeness (QED) is 0.662. The van der Waals surface area contributed by atoms with E-state index in [4.69, 9.17) is 5.84 Å². The highest BCUT2D eigenvalue weighted by molar-refractivity contribution is 5.13. The fraction of sp³-hybridized carbons (Fsp3) is 0.769. The van der Waals surface area contributed by atoms with Crippen LogP contribution in [0, 0.1) is 11.8 Å². The lowest BCUT2D eigenvalue weighted by molar-refractivity contribution is -0.199. The lowest BCUT2D eigenvalue weighted by Crippen LogP contribution is -2.42. The Morgan fingerprint density at radius 3 is 2.70 bits per heavy atom. The third-order valence-electron chi connectivity index (χ3n) is 4.18. The average molecular weight is 290 g/mol. The Morgan fingerprint density at radius 1 is 1.45 bits per heavy atom. The van der Waals surface area contributed by atoms with Gasteiger partial charge in [0.05, 0.1) is 18.2 Å². The van der Waals surface area contributed by atoms with Crippen LogP contribution in [0.5, 0.6) is 0 Å². The molecule has 1 aliphatic carbocycles. The molecule has 0 bridgehead atoms. The third kappa shape index (κ3) is 3.15. The number of aryl methyl sites for hydroxylation is 1. The number of rotatable bonds is 4. The van der Waals surface area contributed by atoms with Gasteiger partial charge < -0.3 is 0 Å². The van der Waals surface area contributed by atoms with Crippen molar-refractivity contribution < 1.29 is 13.2 Å². The maximum atomic E-state index is 13.2. The van der Waals surface area contributed by atoms with E-state index in [2.05, 4.69) is 10.5 Å². The molecule has 1 heterocycles. The summed E-state index contributed by atoms with van der Waals surface area (Å²) in [5.74, 6) is 3.72. The van der Waals surface area contributed by atoms with Crippen LogP contribution in [-0.4, -0.2) is 16.0 Å². The van der Waals surface area contributed by atoms with Crippen molar-refractivity contribution in [3.05, 3.63) is 18.0 Å². The molecule has 0 spiro atoms. The summed E-state index contributed by atoms with van der Waals surface area (Å²) in [5, 5.41) is 4.13. The van der Waals surface area contributed by atoms with E-state index in [1.54, 1.807) is 17.1 Å². The second kappa shape index (κ2) is 6.13. The first kappa shape index (κ1) is 15.3. The maximum Gasteiger partial charge on any atom is 0.392 e. The Morgan fingerprint density at radius 2 is 2.15 bits per heavy atom. The van der Waals surface area contributed by atoms with Crippen LogP contribution in [0.1, 0.15) is 44.2 Å². The van der Waals surface area contributed by atoms with Crippen molar-refractivity contribution in [2.75, 3.05) is 0 Å². The molecule has 3 N–H and O–H groups in total. The van der Waals surface area contributed by atoms with Crippen molar-refractivity contribution in [1.82, 2.24) is 15.2 Å². The van der Waals surface area contributed by atoms with Gasteiger partial charge in [-0.2, -0.15) is 18.3 Å². The number of aromatic nitrogens is 2. The molecule has 114 valence electrons. The molecule has 0 radical (unpaired) electrons. The molecule has 20 heavy (non-hydrogen) atoms. The van der Waals surface area contributed by atoms with Crippen LogP contribution < -0.4 is 11.3 Å². The molecule has 0 aromatic carbocycles. The van der Waals surface area contributed by atoms with E-state index in [0.29, 0.717) is 19.4 Å². The lowest BCUT2D eigenvalue weighted by atomic mass is 9.73. The van der Waals surface area contributed by atoms with Gasteiger partial charge >= 0.3 is 6.18 Å². The number of hydrogen-bond donors (Lipinski definition) is 2. The molecular formula is C13H21F3N4. The zero-order valence-corrected chi connectivity index (χ0v) is 11.5. The van der Waals surface area contributed by atoms with Crippen LogP contribution in [-0.2, 0) is 6.54 Å². The maximum absolute atomic E-state index is 13.2. The molecule has 7 heteroatoms. The summed E-state index contributed by atoms with van der Waals surface area (Å²) < 4.78 is 41.3. The van der Waals surface area contributed by atoms with Crippen LogP contribution in [0.4, 0.5) is 13.2 Å². The molecule has 1 aromatic heterocycles. The molecule has 0 saturated heterocycles. The van der Waals surface area contributed by atoms with Crippen molar-refractivity contribution >= 4 is 0 Å². The van der Waals surface area contributed by atoms with Gasteiger partial charge in [-0.05, 0) is 25.7 Å². The number of hydrazine groups is 1. The summed E-state index contributed by atoms with van der Waals surface area (Å²) >= 11 is 0. The minimum Gasteiger partial charge on any atom is -0.273 e. The normalized spacial score (nSPS) is 25.6. The average Bonchev–Trinajstić information content (AvgIpc) is 2.88. The summed E-state index contributed by atoms with van der Waals surface area (Å²) in [6, 6.07) is -0.498. The fourth-order valence-electron chi connectivity index (χ4n) is 3.15. The minimum atomic E-state index is -4.17. The smallest absolute Gasteiger partial charge is 0.273 e. The first-order valence-corrected chi connectivity index (χ1v) is 7.02. The standard InChI is InChI=1S/C13H21F3N4/c1-2-20-8-9(7-18-20)12(19-17)10-5-3-4-6-11(10)13(14,15)16/h7-8,10-12,19H,2-6,17H2,1H3. The van der Waals surface area contributed by atoms with Crippen LogP contribution in [0.25, 0.3) is 0 Å². The summed E-state index contributed by atoms with van der Waals surface area (Å²) in [6.45, 7) is 2.62. The van der Waals surface area contributed by atoms with Crippen LogP contribution in [0.3, 0.4) is 0 Å². The number of nitrogens with one attached hydrogen (secondary N) is 1. The zero-order valence-electron chi connectivity index (χ0n) is 11.5. The number of alkyl halides is 3. The highest BCUT2D eigenvalue weighted by Gasteiger charge is 2.48. The van der Waals surface area contributed by atoms with Gasteiger partial charge in [-0.3, -0.25) is 16.0 Å². The summed E-state index contributed by atoms with van der Waals surface area (Å²) in [4.78, 5) is 0. The van der Waals surface area contributed by atoms with Gasteiger partial charge in [-0.1, -0.05) is 12.8 Å². The Labute approximate surface area is 116 Å². The molecule has 2 rings (SSSR count). The van der Waals surface area contributed by atoms with Crippen molar-refractivity contribution in [2.45, 2.75) is 51.4 Å². The van der Waals surface area contributed by atoms with Crippen LogP contribution in [0.2, 0.25) is 0 Å². The Balaban J connectivity index is 2.23. The van der Waals surface area contributed by atoms with Gasteiger partial charge in [-0.25, -0.2) is 0 Å². The van der Waals surface area contributed by atoms with Crippen molar-refractivity contribution in [2.24, 2.45) is 17.7 Å². The molecule has 0 aliphatic heterocycles. The molecule has 1 saturated carbocycles. The number of nitrogens with two attached hydrogens (primary N) is 1. The van der Waals surface area contributed by atoms with Crippen molar-refractivity contribution in [1.29, 1.82) is 0 Å². The van der Waals surface area contributed by atoms with E-state index in [1.165, 1.54) is 0 Å². The number of hydrogen-bond acceptors (Lipinski definition) is 3. The zero-order chi connectivity index (χ0) is 14.8. The number of halogens is 3. The van der Waals surface area contributed by atoms with Crippen molar-refractivity contribution in [3.8, 4) is 0 Å². The van der Waals surface area contributed by atoms with Gasteiger partial charge in [-0.15, -0.1) is 0 Å². The van der Waals surface area contributed by atoms with Gasteiger partial charge in [0.1, 0.15) is 0 Å². The van der Waals surface area contributed by atoms with E-state index < -0.39 is 24.1 Å². The topological polar surface area (TPSA) is 55.9 Å². The van der Waals surface area contributed by atoms with E-state index in [-0.39, 0.29) is 6.42 Å². The second-order valence-electron chi connectivity index (χ2n) is 5.37. The third-order valence-corrected chi connectivity index (χ3v) is 4.18. The molecule has 3 unspecified atom stereocenters. The summed E-state index contributed by atoms with van der Waals surface area (Å²) in [6.07, 6.45) is 1.39. The van der Waals surface area contributed by atoms with Crippen LogP contribution in [0.15, 0.2) is 12.4 Å². The predicted molar refractivity (Wildman–Crippen MR) is 69.5 cm³/mol. The molecule has 1 fully saturated rings. The van der Waals surface area contributed by atoms with Crippen LogP contribution >= 0.6 is 0 Å². The fourth-order valence-corrected chi connectivity index (χ4v) is 3.15. The molecular weight excluding hydrogens is 269 g/mol. The predicted octanol–water partition coefficient (Wildman–Crippen LogP) is 2.78.